The molecule has 0 aliphatic heterocycles. The Morgan fingerprint density at radius 2 is 1.83 bits per heavy atom. The quantitative estimate of drug-likeness (QED) is 0.656. The molecule has 0 saturated heterocycles. The molecule has 1 aliphatic rings. The fourth-order valence-corrected chi connectivity index (χ4v) is 5.26. The molecule has 1 amide bonds. The second kappa shape index (κ2) is 9.08. The molecule has 0 spiro atoms. The highest BCUT2D eigenvalue weighted by Crippen LogP contribution is 2.32. The topological polar surface area (TPSA) is 75.7 Å². The number of nitrogens with one attached hydrogen (secondary N) is 1. The van der Waals surface area contributed by atoms with Crippen molar-refractivity contribution >= 4 is 21.6 Å². The lowest BCUT2D eigenvalue weighted by Gasteiger charge is -2.26. The van der Waals surface area contributed by atoms with Gasteiger partial charge in [0.05, 0.1) is 17.7 Å². The number of benzene rings is 2. The highest BCUT2D eigenvalue weighted by molar-refractivity contribution is 7.92. The number of sulfonamides is 1. The second-order valence-electron chi connectivity index (χ2n) is 7.99. The summed E-state index contributed by atoms with van der Waals surface area (Å²) in [4.78, 5) is 12.7. The van der Waals surface area contributed by atoms with Gasteiger partial charge >= 0.3 is 0 Å². The van der Waals surface area contributed by atoms with E-state index in [-0.39, 0.29) is 29.8 Å². The zero-order valence-electron chi connectivity index (χ0n) is 18.0. The molecular weight excluding hydrogens is 400 g/mol. The fourth-order valence-electron chi connectivity index (χ4n) is 3.59. The standard InChI is InChI=1S/C23H30N2O4S/c1-16-5-12-22(17(2)15-16)30(27,28)25(20-8-10-21(29-4)11-9-20)14-13-23(26)24-18(3)19-6-7-19/h5,8-12,15,18-19H,6-7,13-14H2,1-4H3,(H,24,26). The average Bonchev–Trinajstić information content (AvgIpc) is 3.53. The Labute approximate surface area is 179 Å². The van der Waals surface area contributed by atoms with E-state index in [9.17, 15) is 13.2 Å². The van der Waals surface area contributed by atoms with Crippen LogP contribution in [0.2, 0.25) is 0 Å². The number of nitrogens with zero attached hydrogens (tertiary/aromatic N) is 1. The molecule has 1 atom stereocenters. The van der Waals surface area contributed by atoms with Gasteiger partial charge in [0.1, 0.15) is 5.75 Å². The van der Waals surface area contributed by atoms with Gasteiger partial charge in [0.25, 0.3) is 10.0 Å². The fraction of sp³-hybridized carbons (Fsp3) is 0.435. The van der Waals surface area contributed by atoms with Crippen molar-refractivity contribution in [1.29, 1.82) is 0 Å². The van der Waals surface area contributed by atoms with Crippen LogP contribution >= 0.6 is 0 Å². The maximum absolute atomic E-state index is 13.5. The summed E-state index contributed by atoms with van der Waals surface area (Å²) >= 11 is 0. The highest BCUT2D eigenvalue weighted by Gasteiger charge is 2.30. The molecule has 7 heteroatoms. The third-order valence-electron chi connectivity index (χ3n) is 5.52. The van der Waals surface area contributed by atoms with E-state index >= 15 is 0 Å². The van der Waals surface area contributed by atoms with Gasteiger partial charge in [-0.1, -0.05) is 17.7 Å². The average molecular weight is 431 g/mol. The molecule has 1 fully saturated rings. The summed E-state index contributed by atoms with van der Waals surface area (Å²) < 4.78 is 33.6. The number of aryl methyl sites for hydroxylation is 2. The lowest BCUT2D eigenvalue weighted by Crippen LogP contribution is -2.38. The Hall–Kier alpha value is -2.54. The molecule has 0 aromatic heterocycles. The molecule has 3 rings (SSSR count). The van der Waals surface area contributed by atoms with Crippen molar-refractivity contribution in [3.63, 3.8) is 0 Å². The molecule has 162 valence electrons. The lowest BCUT2D eigenvalue weighted by atomic mass is 10.2. The monoisotopic (exact) mass is 430 g/mol. The summed E-state index contributed by atoms with van der Waals surface area (Å²) in [6, 6.07) is 12.2. The lowest BCUT2D eigenvalue weighted by molar-refractivity contribution is -0.121. The zero-order chi connectivity index (χ0) is 21.9. The first-order chi connectivity index (χ1) is 14.2. The third kappa shape index (κ3) is 5.14. The SMILES string of the molecule is COc1ccc(N(CCC(=O)NC(C)C2CC2)S(=O)(=O)c2ccc(C)cc2C)cc1. The van der Waals surface area contributed by atoms with Crippen LogP contribution in [0, 0.1) is 19.8 Å². The number of carbonyl (C=O) groups is 1. The maximum Gasteiger partial charge on any atom is 0.264 e. The van der Waals surface area contributed by atoms with Gasteiger partial charge in [0, 0.05) is 19.0 Å². The van der Waals surface area contributed by atoms with E-state index in [0.717, 1.165) is 18.4 Å². The molecule has 6 nitrogen and oxygen atoms in total. The number of methoxy groups -OCH3 is 1. The smallest absolute Gasteiger partial charge is 0.264 e. The minimum absolute atomic E-state index is 0.0607. The highest BCUT2D eigenvalue weighted by atomic mass is 32.2. The summed E-state index contributed by atoms with van der Waals surface area (Å²) in [5, 5.41) is 3.00. The van der Waals surface area contributed by atoms with Gasteiger partial charge < -0.3 is 10.1 Å². The predicted molar refractivity (Wildman–Crippen MR) is 118 cm³/mol. The predicted octanol–water partition coefficient (Wildman–Crippen LogP) is 3.81. The Bertz CT molecular complexity index is 998. The van der Waals surface area contributed by atoms with Crippen LogP contribution in [0.5, 0.6) is 5.75 Å². The van der Waals surface area contributed by atoms with Crippen molar-refractivity contribution in [2.24, 2.45) is 5.92 Å². The van der Waals surface area contributed by atoms with Crippen molar-refractivity contribution in [3.8, 4) is 5.75 Å². The van der Waals surface area contributed by atoms with Crippen LogP contribution in [-0.4, -0.2) is 34.0 Å². The first-order valence-corrected chi connectivity index (χ1v) is 11.7. The minimum atomic E-state index is -3.84. The van der Waals surface area contributed by atoms with Crippen LogP contribution in [0.1, 0.15) is 37.3 Å². The Kier molecular flexibility index (Phi) is 6.71. The number of hydrogen-bond donors (Lipinski definition) is 1. The van der Waals surface area contributed by atoms with E-state index in [1.165, 1.54) is 4.31 Å². The van der Waals surface area contributed by atoms with Crippen molar-refractivity contribution in [1.82, 2.24) is 5.32 Å². The summed E-state index contributed by atoms with van der Waals surface area (Å²) in [6.07, 6.45) is 2.37. The van der Waals surface area contributed by atoms with Crippen molar-refractivity contribution in [2.45, 2.75) is 51.0 Å². The van der Waals surface area contributed by atoms with E-state index in [2.05, 4.69) is 5.32 Å². The van der Waals surface area contributed by atoms with Crippen LogP contribution in [0.25, 0.3) is 0 Å². The van der Waals surface area contributed by atoms with Gasteiger partial charge in [0.15, 0.2) is 0 Å². The minimum Gasteiger partial charge on any atom is -0.497 e. The maximum atomic E-state index is 13.5. The van der Waals surface area contributed by atoms with Crippen molar-refractivity contribution in [2.75, 3.05) is 18.0 Å². The molecule has 0 heterocycles. The molecule has 1 N–H and O–H groups in total. The first kappa shape index (κ1) is 22.2. The van der Waals surface area contributed by atoms with Crippen LogP contribution in [0.3, 0.4) is 0 Å². The molecule has 1 unspecified atom stereocenters. The Morgan fingerprint density at radius 1 is 1.17 bits per heavy atom. The molecule has 0 bridgehead atoms. The van der Waals surface area contributed by atoms with E-state index in [1.54, 1.807) is 50.4 Å². The number of carbonyl (C=O) groups excluding carboxylic acids is 1. The van der Waals surface area contributed by atoms with Gasteiger partial charge in [-0.25, -0.2) is 8.42 Å². The Balaban J connectivity index is 1.87. The number of anilines is 1. The first-order valence-electron chi connectivity index (χ1n) is 10.3. The largest absolute Gasteiger partial charge is 0.497 e. The number of amides is 1. The number of rotatable bonds is 9. The molecule has 2 aromatic carbocycles. The summed E-state index contributed by atoms with van der Waals surface area (Å²) in [5.74, 6) is 1.05. The van der Waals surface area contributed by atoms with Crippen molar-refractivity contribution in [3.05, 3.63) is 53.6 Å². The molecule has 2 aromatic rings. The van der Waals surface area contributed by atoms with Gasteiger partial charge in [-0.3, -0.25) is 9.10 Å². The summed E-state index contributed by atoms with van der Waals surface area (Å²) in [6.45, 7) is 5.78. The van der Waals surface area contributed by atoms with Gasteiger partial charge in [0.2, 0.25) is 5.91 Å². The van der Waals surface area contributed by atoms with Gasteiger partial charge in [-0.2, -0.15) is 0 Å². The van der Waals surface area contributed by atoms with E-state index < -0.39 is 10.0 Å². The molecule has 1 saturated carbocycles. The Morgan fingerprint density at radius 3 is 2.40 bits per heavy atom. The molecule has 0 radical (unpaired) electrons. The van der Waals surface area contributed by atoms with Gasteiger partial charge in [-0.05, 0) is 75.4 Å². The molecular formula is C23H30N2O4S. The van der Waals surface area contributed by atoms with Crippen LogP contribution in [-0.2, 0) is 14.8 Å². The molecule has 1 aliphatic carbocycles. The van der Waals surface area contributed by atoms with Crippen LogP contribution in [0.15, 0.2) is 47.4 Å². The second-order valence-corrected chi connectivity index (χ2v) is 9.82. The summed E-state index contributed by atoms with van der Waals surface area (Å²) in [7, 11) is -2.28. The van der Waals surface area contributed by atoms with E-state index in [1.807, 2.05) is 19.9 Å². The molecule has 30 heavy (non-hydrogen) atoms. The zero-order valence-corrected chi connectivity index (χ0v) is 18.8. The third-order valence-corrected chi connectivity index (χ3v) is 7.51. The number of hydrogen-bond acceptors (Lipinski definition) is 4. The van der Waals surface area contributed by atoms with E-state index in [0.29, 0.717) is 22.9 Å². The summed E-state index contributed by atoms with van der Waals surface area (Å²) in [5.41, 5.74) is 2.18. The normalized spacial score (nSPS) is 14.8. The van der Waals surface area contributed by atoms with Gasteiger partial charge in [-0.15, -0.1) is 0 Å². The van der Waals surface area contributed by atoms with Crippen molar-refractivity contribution < 1.29 is 17.9 Å². The van der Waals surface area contributed by atoms with E-state index in [4.69, 9.17) is 4.74 Å². The number of ether oxygens (including phenoxy) is 1. The van der Waals surface area contributed by atoms with Crippen LogP contribution < -0.4 is 14.4 Å². The van der Waals surface area contributed by atoms with Crippen LogP contribution in [0.4, 0.5) is 5.69 Å².